The van der Waals surface area contributed by atoms with E-state index in [1.807, 2.05) is 0 Å². The molecule has 0 amide bonds. The van der Waals surface area contributed by atoms with Crippen LogP contribution in [0.5, 0.6) is 0 Å². The molecule has 0 aromatic rings. The normalized spacial score (nSPS) is 40.1. The molecule has 0 spiro atoms. The minimum Gasteiger partial charge on any atom is -0.0656 e. The molecule has 0 aromatic carbocycles. The third kappa shape index (κ3) is 1.77. The molecule has 0 heterocycles. The number of rotatable bonds is 0. The fourth-order valence-electron chi connectivity index (χ4n) is 2.42. The summed E-state index contributed by atoms with van der Waals surface area (Å²) in [7, 11) is 0. The van der Waals surface area contributed by atoms with E-state index in [1.54, 1.807) is 0 Å². The van der Waals surface area contributed by atoms with Gasteiger partial charge in [-0.2, -0.15) is 0 Å². The largest absolute Gasteiger partial charge is 0.0656 e. The molecule has 2 aliphatic carbocycles. The van der Waals surface area contributed by atoms with Gasteiger partial charge in [-0.3, -0.25) is 0 Å². The molecule has 0 heteroatoms. The van der Waals surface area contributed by atoms with E-state index in [4.69, 9.17) is 0 Å². The van der Waals surface area contributed by atoms with Crippen LogP contribution < -0.4 is 0 Å². The van der Waals surface area contributed by atoms with Gasteiger partial charge in [0, 0.05) is 0 Å². The van der Waals surface area contributed by atoms with E-state index < -0.39 is 0 Å². The van der Waals surface area contributed by atoms with Gasteiger partial charge in [0.2, 0.25) is 0 Å². The molecule has 0 radical (unpaired) electrons. The highest BCUT2D eigenvalue weighted by molar-refractivity contribution is 4.96. The molecule has 0 N–H and O–H groups in total. The van der Waals surface area contributed by atoms with Crippen LogP contribution in [0.15, 0.2) is 0 Å². The van der Waals surface area contributed by atoms with Crippen molar-refractivity contribution in [1.82, 2.24) is 0 Å². The van der Waals surface area contributed by atoms with E-state index in [1.165, 1.54) is 38.5 Å². The predicted molar refractivity (Wildman–Crippen MR) is 50.6 cm³/mol. The summed E-state index contributed by atoms with van der Waals surface area (Å²) in [5, 5.41) is 0. The van der Waals surface area contributed by atoms with Gasteiger partial charge in [0.1, 0.15) is 0 Å². The van der Waals surface area contributed by atoms with E-state index in [-0.39, 0.29) is 0 Å². The van der Waals surface area contributed by atoms with Crippen molar-refractivity contribution in [2.24, 2.45) is 11.3 Å². The number of fused-ring (bicyclic) bond motifs is 1. The van der Waals surface area contributed by atoms with E-state index in [0.717, 1.165) is 11.3 Å². The van der Waals surface area contributed by atoms with E-state index in [0.29, 0.717) is 0 Å². The lowest BCUT2D eigenvalue weighted by molar-refractivity contribution is 0.0882. The first kappa shape index (κ1) is 9.09. The summed E-state index contributed by atoms with van der Waals surface area (Å²) in [5.74, 6) is 1.14. The quantitative estimate of drug-likeness (QED) is 0.494. The monoisotopic (exact) mass is 154 g/mol. The first-order chi connectivity index (χ1) is 5.23. The van der Waals surface area contributed by atoms with Gasteiger partial charge >= 0.3 is 0 Å². The van der Waals surface area contributed by atoms with Gasteiger partial charge in [-0.1, -0.05) is 33.6 Å². The molecule has 2 aliphatic rings. The minimum atomic E-state index is 0.833. The Bertz CT molecular complexity index is 117. The first-order valence-corrected chi connectivity index (χ1v) is 5.23. The summed E-state index contributed by atoms with van der Waals surface area (Å²) in [6.07, 6.45) is 8.89. The van der Waals surface area contributed by atoms with Crippen LogP contribution in [0.3, 0.4) is 0 Å². The van der Waals surface area contributed by atoms with Crippen molar-refractivity contribution in [1.29, 1.82) is 0 Å². The van der Waals surface area contributed by atoms with Gasteiger partial charge < -0.3 is 0 Å². The van der Waals surface area contributed by atoms with Crippen LogP contribution in [0.25, 0.3) is 0 Å². The summed E-state index contributed by atoms with van der Waals surface area (Å²) in [5.41, 5.74) is 0.833. The molecule has 0 bridgehead atoms. The lowest BCUT2D eigenvalue weighted by Gasteiger charge is -2.42. The molecule has 0 saturated heterocycles. The number of hydrogen-bond acceptors (Lipinski definition) is 0. The fraction of sp³-hybridized carbons (Fsp3) is 1.00. The topological polar surface area (TPSA) is 0 Å². The lowest BCUT2D eigenvalue weighted by atomic mass is 9.64. The van der Waals surface area contributed by atoms with Gasteiger partial charge in [0.05, 0.1) is 0 Å². The van der Waals surface area contributed by atoms with Gasteiger partial charge in [0.15, 0.2) is 0 Å². The van der Waals surface area contributed by atoms with Crippen molar-refractivity contribution < 1.29 is 0 Å². The average molecular weight is 154 g/mol. The second kappa shape index (κ2) is 3.60. The lowest BCUT2D eigenvalue weighted by Crippen LogP contribution is -2.31. The highest BCUT2D eigenvalue weighted by Gasteiger charge is 2.45. The van der Waals surface area contributed by atoms with Crippen molar-refractivity contribution in [3.05, 3.63) is 0 Å². The summed E-state index contributed by atoms with van der Waals surface area (Å²) >= 11 is 0. The molecule has 0 aliphatic heterocycles. The Morgan fingerprint density at radius 3 is 2.00 bits per heavy atom. The Hall–Kier alpha value is 0. The zero-order chi connectivity index (χ0) is 8.32. The predicted octanol–water partition coefficient (Wildman–Crippen LogP) is 4.00. The fourth-order valence-corrected chi connectivity index (χ4v) is 2.42. The van der Waals surface area contributed by atoms with Crippen LogP contribution in [0.1, 0.15) is 59.3 Å². The van der Waals surface area contributed by atoms with Crippen LogP contribution >= 0.6 is 0 Å². The molecule has 2 rings (SSSR count). The minimum absolute atomic E-state index is 0.833. The van der Waals surface area contributed by atoms with Crippen LogP contribution in [0, 0.1) is 11.3 Å². The standard InChI is InChI=1S/C8H14.C3H8/c1-8-5-2-3-7(8)4-6-8;1-3-2/h7H,2-6H2,1H3;3H2,1-2H3. The molecule has 2 saturated carbocycles. The van der Waals surface area contributed by atoms with Crippen LogP contribution in [0.4, 0.5) is 0 Å². The van der Waals surface area contributed by atoms with E-state index in [2.05, 4.69) is 20.8 Å². The van der Waals surface area contributed by atoms with E-state index in [9.17, 15) is 0 Å². The molecule has 2 unspecified atom stereocenters. The Labute approximate surface area is 71.4 Å². The van der Waals surface area contributed by atoms with Crippen molar-refractivity contribution in [2.45, 2.75) is 59.3 Å². The second-order valence-electron chi connectivity index (χ2n) is 4.49. The Balaban J connectivity index is 0.000000179. The molecule has 2 atom stereocenters. The molecule has 2 fully saturated rings. The third-order valence-electron chi connectivity index (χ3n) is 3.35. The van der Waals surface area contributed by atoms with Crippen molar-refractivity contribution in [2.75, 3.05) is 0 Å². The van der Waals surface area contributed by atoms with Crippen LogP contribution in [-0.4, -0.2) is 0 Å². The molecule has 0 nitrogen and oxygen atoms in total. The molecule has 0 aromatic heterocycles. The SMILES string of the molecule is CC12CCCC1CC2.CCC. The van der Waals surface area contributed by atoms with Crippen molar-refractivity contribution in [3.63, 3.8) is 0 Å². The average Bonchev–Trinajstić information content (AvgIpc) is 2.17. The second-order valence-corrected chi connectivity index (χ2v) is 4.49. The zero-order valence-corrected chi connectivity index (χ0v) is 8.32. The first-order valence-electron chi connectivity index (χ1n) is 5.23. The highest BCUT2D eigenvalue weighted by Crippen LogP contribution is 2.56. The Morgan fingerprint density at radius 2 is 1.82 bits per heavy atom. The van der Waals surface area contributed by atoms with Gasteiger partial charge in [-0.25, -0.2) is 0 Å². The Morgan fingerprint density at radius 1 is 1.18 bits per heavy atom. The summed E-state index contributed by atoms with van der Waals surface area (Å²) in [6, 6.07) is 0. The molecule has 66 valence electrons. The molecular weight excluding hydrogens is 132 g/mol. The summed E-state index contributed by atoms with van der Waals surface area (Å²) < 4.78 is 0. The van der Waals surface area contributed by atoms with Crippen LogP contribution in [-0.2, 0) is 0 Å². The zero-order valence-electron chi connectivity index (χ0n) is 8.32. The highest BCUT2D eigenvalue weighted by atomic mass is 14.5. The molecule has 11 heavy (non-hydrogen) atoms. The Kier molecular flexibility index (Phi) is 2.98. The molecular formula is C11H22. The van der Waals surface area contributed by atoms with Crippen molar-refractivity contribution >= 4 is 0 Å². The van der Waals surface area contributed by atoms with Gasteiger partial charge in [0.25, 0.3) is 0 Å². The maximum absolute atomic E-state index is 2.47. The number of hydrogen-bond donors (Lipinski definition) is 0. The van der Waals surface area contributed by atoms with Crippen molar-refractivity contribution in [3.8, 4) is 0 Å². The maximum atomic E-state index is 2.47. The van der Waals surface area contributed by atoms with Gasteiger partial charge in [-0.05, 0) is 37.0 Å². The smallest absolute Gasteiger partial charge is 0.0297 e. The summed E-state index contributed by atoms with van der Waals surface area (Å²) in [6.45, 7) is 6.72. The van der Waals surface area contributed by atoms with Gasteiger partial charge in [-0.15, -0.1) is 0 Å². The maximum Gasteiger partial charge on any atom is -0.0297 e. The summed E-state index contributed by atoms with van der Waals surface area (Å²) in [4.78, 5) is 0. The van der Waals surface area contributed by atoms with E-state index >= 15 is 0 Å². The van der Waals surface area contributed by atoms with Crippen LogP contribution in [0.2, 0.25) is 0 Å². The third-order valence-corrected chi connectivity index (χ3v) is 3.35.